The van der Waals surface area contributed by atoms with E-state index in [0.29, 0.717) is 62.5 Å². The third kappa shape index (κ3) is 4.08. The van der Waals surface area contributed by atoms with Crippen molar-refractivity contribution in [2.24, 2.45) is 11.8 Å². The first-order valence-corrected chi connectivity index (χ1v) is 13.8. The minimum Gasteiger partial charge on any atom is -0.393 e. The van der Waals surface area contributed by atoms with Crippen LogP contribution in [0.2, 0.25) is 0 Å². The number of aryl methyl sites for hydroxylation is 1. The molecule has 198 valence electrons. The van der Waals surface area contributed by atoms with Gasteiger partial charge in [-0.3, -0.25) is 14.3 Å². The van der Waals surface area contributed by atoms with Crippen LogP contribution in [-0.4, -0.2) is 68.8 Å². The molecule has 1 aromatic heterocycles. The molecule has 6 rings (SSSR count). The fourth-order valence-electron chi connectivity index (χ4n) is 6.99. The van der Waals surface area contributed by atoms with Crippen molar-refractivity contribution < 1.29 is 19.1 Å². The van der Waals surface area contributed by atoms with Gasteiger partial charge in [-0.1, -0.05) is 25.1 Å². The molecule has 2 saturated heterocycles. The van der Waals surface area contributed by atoms with Gasteiger partial charge in [0.15, 0.2) is 5.69 Å². The van der Waals surface area contributed by atoms with E-state index in [9.17, 15) is 14.7 Å². The second kappa shape index (κ2) is 8.93. The lowest BCUT2D eigenvalue weighted by molar-refractivity contribution is -0.134. The van der Waals surface area contributed by atoms with E-state index in [0.717, 1.165) is 34.4 Å². The van der Waals surface area contributed by atoms with E-state index in [1.54, 1.807) is 14.5 Å². The van der Waals surface area contributed by atoms with Crippen LogP contribution in [0.15, 0.2) is 18.2 Å². The number of nitrogens with zero attached hydrogens (tertiary/aromatic N) is 4. The standard InChI is InChI=1S/C29H37FN4O3/c1-17-5-4-6-22(18(17)2)29(30)9-13-32(14-10-29)24(36)16-34-23-15-21-19(3)25(21)26(23)27(31-34)28(37)33-11-7-20(35)8-12-33/h4-6,19-21,25,35H,7-16H2,1-3H3. The molecular weight excluding hydrogens is 471 g/mol. The largest absolute Gasteiger partial charge is 0.393 e. The van der Waals surface area contributed by atoms with Gasteiger partial charge in [-0.25, -0.2) is 4.39 Å². The summed E-state index contributed by atoms with van der Waals surface area (Å²) in [6.45, 7) is 8.09. The topological polar surface area (TPSA) is 78.7 Å². The van der Waals surface area contributed by atoms with Crippen LogP contribution < -0.4 is 0 Å². The summed E-state index contributed by atoms with van der Waals surface area (Å²) >= 11 is 0. The fourth-order valence-corrected chi connectivity index (χ4v) is 6.99. The van der Waals surface area contributed by atoms with E-state index in [-0.39, 0.29) is 37.3 Å². The van der Waals surface area contributed by atoms with Crippen molar-refractivity contribution in [1.29, 1.82) is 0 Å². The number of hydrogen-bond donors (Lipinski definition) is 1. The zero-order valence-electron chi connectivity index (χ0n) is 22.0. The minimum absolute atomic E-state index is 0.0676. The number of fused-ring (bicyclic) bond motifs is 3. The number of halogens is 1. The van der Waals surface area contributed by atoms with E-state index in [1.165, 1.54) is 0 Å². The summed E-state index contributed by atoms with van der Waals surface area (Å²) < 4.78 is 17.7. The van der Waals surface area contributed by atoms with Crippen molar-refractivity contribution in [1.82, 2.24) is 19.6 Å². The zero-order chi connectivity index (χ0) is 26.1. The zero-order valence-corrected chi connectivity index (χ0v) is 22.0. The van der Waals surface area contributed by atoms with Gasteiger partial charge in [0.2, 0.25) is 5.91 Å². The second-order valence-corrected chi connectivity index (χ2v) is 11.7. The second-order valence-electron chi connectivity index (χ2n) is 11.7. The summed E-state index contributed by atoms with van der Waals surface area (Å²) in [5, 5.41) is 14.6. The molecule has 3 unspecified atom stereocenters. The molecule has 0 bridgehead atoms. The molecule has 3 heterocycles. The number of benzene rings is 1. The van der Waals surface area contributed by atoms with Crippen LogP contribution in [0.4, 0.5) is 4.39 Å². The van der Waals surface area contributed by atoms with Crippen LogP contribution in [-0.2, 0) is 23.4 Å². The Hall–Kier alpha value is -2.74. The van der Waals surface area contributed by atoms with E-state index in [2.05, 4.69) is 6.92 Å². The van der Waals surface area contributed by atoms with Gasteiger partial charge in [-0.05, 0) is 67.6 Å². The molecule has 0 spiro atoms. The molecule has 1 aromatic carbocycles. The Balaban J connectivity index is 1.17. The van der Waals surface area contributed by atoms with E-state index < -0.39 is 5.67 Å². The van der Waals surface area contributed by atoms with Crippen molar-refractivity contribution in [2.75, 3.05) is 26.2 Å². The van der Waals surface area contributed by atoms with E-state index in [1.807, 2.05) is 32.0 Å². The Bertz CT molecular complexity index is 1240. The number of aromatic nitrogens is 2. The smallest absolute Gasteiger partial charge is 0.274 e. The van der Waals surface area contributed by atoms with Crippen molar-refractivity contribution in [3.8, 4) is 0 Å². The first kappa shape index (κ1) is 24.6. The lowest BCUT2D eigenvalue weighted by Gasteiger charge is -2.37. The monoisotopic (exact) mass is 508 g/mol. The summed E-state index contributed by atoms with van der Waals surface area (Å²) in [6, 6.07) is 5.79. The van der Waals surface area contributed by atoms with Crippen LogP contribution in [0.25, 0.3) is 0 Å². The van der Waals surface area contributed by atoms with Gasteiger partial charge in [0.25, 0.3) is 5.91 Å². The quantitative estimate of drug-likeness (QED) is 0.686. The molecule has 7 nitrogen and oxygen atoms in total. The average Bonchev–Trinajstić information content (AvgIpc) is 3.18. The van der Waals surface area contributed by atoms with Gasteiger partial charge >= 0.3 is 0 Å². The van der Waals surface area contributed by atoms with Crippen LogP contribution >= 0.6 is 0 Å². The molecular formula is C29H37FN4O3. The highest BCUT2D eigenvalue weighted by molar-refractivity contribution is 5.95. The Morgan fingerprint density at radius 3 is 2.51 bits per heavy atom. The van der Waals surface area contributed by atoms with Gasteiger partial charge in [0.05, 0.1) is 6.10 Å². The normalized spacial score (nSPS) is 26.7. The van der Waals surface area contributed by atoms with Crippen LogP contribution in [0.5, 0.6) is 0 Å². The Morgan fingerprint density at radius 2 is 1.81 bits per heavy atom. The number of aliphatic hydroxyl groups excluding tert-OH is 1. The first-order valence-electron chi connectivity index (χ1n) is 13.8. The number of alkyl halides is 1. The lowest BCUT2D eigenvalue weighted by atomic mass is 9.82. The molecule has 0 radical (unpaired) electrons. The number of rotatable bonds is 4. The Morgan fingerprint density at radius 1 is 1.11 bits per heavy atom. The molecule has 4 aliphatic rings. The summed E-state index contributed by atoms with van der Waals surface area (Å²) in [4.78, 5) is 30.3. The molecule has 1 saturated carbocycles. The molecule has 2 aliphatic carbocycles. The third-order valence-corrected chi connectivity index (χ3v) is 9.66. The number of piperidine rings is 2. The molecule has 1 N–H and O–H groups in total. The van der Waals surface area contributed by atoms with Crippen LogP contribution in [0, 0.1) is 25.7 Å². The molecule has 37 heavy (non-hydrogen) atoms. The molecule has 2 aliphatic heterocycles. The van der Waals surface area contributed by atoms with E-state index >= 15 is 4.39 Å². The Labute approximate surface area is 217 Å². The average molecular weight is 509 g/mol. The number of likely N-dealkylation sites (tertiary alicyclic amines) is 2. The van der Waals surface area contributed by atoms with Crippen molar-refractivity contribution in [3.05, 3.63) is 51.8 Å². The van der Waals surface area contributed by atoms with Gasteiger partial charge in [0, 0.05) is 50.3 Å². The SMILES string of the molecule is Cc1cccc(C2(F)CCN(C(=O)Cn3nc(C(=O)N4CCC(O)CC4)c4c3CC3C(C)C43)CC2)c1C. The first-order chi connectivity index (χ1) is 17.7. The molecule has 8 heteroatoms. The van der Waals surface area contributed by atoms with Gasteiger partial charge in [0.1, 0.15) is 12.2 Å². The maximum atomic E-state index is 16.0. The Kier molecular flexibility index (Phi) is 5.93. The number of carbonyl (C=O) groups is 2. The maximum absolute atomic E-state index is 16.0. The van der Waals surface area contributed by atoms with E-state index in [4.69, 9.17) is 5.10 Å². The number of aliphatic hydroxyl groups is 1. The molecule has 3 atom stereocenters. The van der Waals surface area contributed by atoms with Crippen molar-refractivity contribution >= 4 is 11.8 Å². The lowest BCUT2D eigenvalue weighted by Crippen LogP contribution is -2.45. The fraction of sp³-hybridized carbons (Fsp3) is 0.621. The number of carbonyl (C=O) groups excluding carboxylic acids is 2. The maximum Gasteiger partial charge on any atom is 0.274 e. The minimum atomic E-state index is -1.42. The van der Waals surface area contributed by atoms with Gasteiger partial charge < -0.3 is 14.9 Å². The van der Waals surface area contributed by atoms with Crippen molar-refractivity contribution in [3.63, 3.8) is 0 Å². The summed E-state index contributed by atoms with van der Waals surface area (Å²) in [5.41, 5.74) is 3.95. The van der Waals surface area contributed by atoms with Gasteiger partial charge in [-0.15, -0.1) is 0 Å². The number of hydrogen-bond acceptors (Lipinski definition) is 4. The predicted molar refractivity (Wildman–Crippen MR) is 137 cm³/mol. The highest BCUT2D eigenvalue weighted by Crippen LogP contribution is 2.62. The van der Waals surface area contributed by atoms with Crippen molar-refractivity contribution in [2.45, 2.75) is 77.1 Å². The molecule has 2 amide bonds. The molecule has 2 aromatic rings. The van der Waals surface area contributed by atoms with Gasteiger partial charge in [-0.2, -0.15) is 5.10 Å². The van der Waals surface area contributed by atoms with Crippen LogP contribution in [0.3, 0.4) is 0 Å². The van der Waals surface area contributed by atoms with Crippen LogP contribution in [0.1, 0.15) is 77.0 Å². The summed E-state index contributed by atoms with van der Waals surface area (Å²) in [5.74, 6) is 1.28. The highest BCUT2D eigenvalue weighted by Gasteiger charge is 2.56. The highest BCUT2D eigenvalue weighted by atomic mass is 19.1. The summed E-state index contributed by atoms with van der Waals surface area (Å²) in [6.07, 6.45) is 2.25. The summed E-state index contributed by atoms with van der Waals surface area (Å²) in [7, 11) is 0. The number of amides is 2. The molecule has 3 fully saturated rings. The third-order valence-electron chi connectivity index (χ3n) is 9.66. The predicted octanol–water partition coefficient (Wildman–Crippen LogP) is 3.49.